The highest BCUT2D eigenvalue weighted by Gasteiger charge is 2.31. The van der Waals surface area contributed by atoms with Crippen molar-refractivity contribution in [3.63, 3.8) is 0 Å². The minimum Gasteiger partial charge on any atom is -0.327 e. The zero-order valence-corrected chi connectivity index (χ0v) is 10.6. The summed E-state index contributed by atoms with van der Waals surface area (Å²) in [6.45, 7) is -0.0876. The molecule has 0 fully saturated rings. The fraction of sp³-hybridized carbons (Fsp3) is 0.214. The molecule has 1 heterocycles. The van der Waals surface area contributed by atoms with Crippen molar-refractivity contribution < 1.29 is 4.39 Å². The lowest BCUT2D eigenvalue weighted by Gasteiger charge is -2.24. The van der Waals surface area contributed by atoms with Gasteiger partial charge in [-0.3, -0.25) is 4.98 Å². The van der Waals surface area contributed by atoms with Crippen LogP contribution in [0.3, 0.4) is 0 Å². The third kappa shape index (κ3) is 2.68. The molecule has 0 aliphatic carbocycles. The van der Waals surface area contributed by atoms with Crippen LogP contribution in [0.5, 0.6) is 0 Å². The van der Waals surface area contributed by atoms with Crippen molar-refractivity contribution in [2.45, 2.75) is 12.1 Å². The van der Waals surface area contributed by atoms with Gasteiger partial charge in [0, 0.05) is 25.4 Å². The average molecular weight is 265 g/mol. The summed E-state index contributed by atoms with van der Waals surface area (Å²) < 4.78 is 14.9. The molecular formula is C14H14ClFN2. The van der Waals surface area contributed by atoms with Crippen LogP contribution in [0.15, 0.2) is 48.8 Å². The molecule has 0 saturated heterocycles. The molecule has 1 aromatic carbocycles. The molecule has 0 amide bonds. The topological polar surface area (TPSA) is 38.9 Å². The summed E-state index contributed by atoms with van der Waals surface area (Å²) in [5.41, 5.74) is 5.28. The van der Waals surface area contributed by atoms with E-state index in [4.69, 9.17) is 17.3 Å². The zero-order chi connectivity index (χ0) is 13.0. The quantitative estimate of drug-likeness (QED) is 0.922. The van der Waals surface area contributed by atoms with Gasteiger partial charge in [0.2, 0.25) is 0 Å². The highest BCUT2D eigenvalue weighted by Crippen LogP contribution is 2.31. The van der Waals surface area contributed by atoms with Gasteiger partial charge in [0.25, 0.3) is 0 Å². The molecular weight excluding hydrogens is 251 g/mol. The number of alkyl halides is 1. The van der Waals surface area contributed by atoms with Gasteiger partial charge in [-0.1, -0.05) is 41.9 Å². The Morgan fingerprint density at radius 2 is 1.94 bits per heavy atom. The molecule has 2 aromatic rings. The molecule has 0 spiro atoms. The Morgan fingerprint density at radius 3 is 2.56 bits per heavy atom. The summed E-state index contributed by atoms with van der Waals surface area (Å²) in [4.78, 5) is 3.89. The summed E-state index contributed by atoms with van der Waals surface area (Å²) in [5, 5.41) is 0.462. The van der Waals surface area contributed by atoms with Crippen molar-refractivity contribution in [1.29, 1.82) is 0 Å². The third-order valence-electron chi connectivity index (χ3n) is 2.94. The lowest BCUT2D eigenvalue weighted by Crippen LogP contribution is -2.32. The number of hydrogen-bond donors (Lipinski definition) is 1. The molecule has 0 aliphatic heterocycles. The Balaban J connectivity index is 2.32. The van der Waals surface area contributed by atoms with Crippen molar-refractivity contribution >= 4 is 11.6 Å². The van der Waals surface area contributed by atoms with E-state index in [1.807, 2.05) is 6.07 Å². The predicted molar refractivity (Wildman–Crippen MR) is 71.2 cm³/mol. The normalized spacial score (nSPS) is 14.2. The minimum atomic E-state index is -1.60. The second kappa shape index (κ2) is 5.46. The number of halogens is 2. The standard InChI is InChI=1S/C14H14ClFN2/c15-13-9-18-7-6-11(13)8-14(16,10-17)12-4-2-1-3-5-12/h1-7,9H,8,10,17H2. The van der Waals surface area contributed by atoms with E-state index in [0.29, 0.717) is 16.1 Å². The number of rotatable bonds is 4. The molecule has 1 atom stereocenters. The summed E-state index contributed by atoms with van der Waals surface area (Å²) in [7, 11) is 0. The second-order valence-corrected chi connectivity index (χ2v) is 4.59. The van der Waals surface area contributed by atoms with E-state index >= 15 is 0 Å². The molecule has 0 bridgehead atoms. The number of hydrogen-bond acceptors (Lipinski definition) is 2. The number of aromatic nitrogens is 1. The van der Waals surface area contributed by atoms with E-state index in [1.54, 1.807) is 36.5 Å². The Labute approximate surface area is 111 Å². The van der Waals surface area contributed by atoms with Crippen LogP contribution in [-0.4, -0.2) is 11.5 Å². The van der Waals surface area contributed by atoms with Crippen molar-refractivity contribution in [3.8, 4) is 0 Å². The van der Waals surface area contributed by atoms with Crippen molar-refractivity contribution in [3.05, 3.63) is 64.9 Å². The van der Waals surface area contributed by atoms with Gasteiger partial charge in [-0.2, -0.15) is 0 Å². The maximum Gasteiger partial charge on any atom is 0.152 e. The smallest absolute Gasteiger partial charge is 0.152 e. The summed E-state index contributed by atoms with van der Waals surface area (Å²) in [6, 6.07) is 10.6. The van der Waals surface area contributed by atoms with Crippen LogP contribution in [-0.2, 0) is 12.1 Å². The van der Waals surface area contributed by atoms with Crippen LogP contribution >= 0.6 is 11.6 Å². The van der Waals surface area contributed by atoms with Crippen LogP contribution in [0.25, 0.3) is 0 Å². The van der Waals surface area contributed by atoms with Gasteiger partial charge in [-0.15, -0.1) is 0 Å². The number of benzene rings is 1. The van der Waals surface area contributed by atoms with Crippen molar-refractivity contribution in [1.82, 2.24) is 4.98 Å². The van der Waals surface area contributed by atoms with E-state index in [1.165, 1.54) is 6.20 Å². The Hall–Kier alpha value is -1.45. The van der Waals surface area contributed by atoms with Crippen LogP contribution < -0.4 is 5.73 Å². The largest absolute Gasteiger partial charge is 0.327 e. The first-order valence-electron chi connectivity index (χ1n) is 5.68. The Kier molecular flexibility index (Phi) is 3.94. The van der Waals surface area contributed by atoms with Crippen molar-refractivity contribution in [2.75, 3.05) is 6.54 Å². The fourth-order valence-corrected chi connectivity index (χ4v) is 2.06. The Bertz CT molecular complexity index is 518. The maximum atomic E-state index is 14.9. The summed E-state index contributed by atoms with van der Waals surface area (Å²) >= 11 is 6.00. The van der Waals surface area contributed by atoms with E-state index < -0.39 is 5.67 Å². The van der Waals surface area contributed by atoms with Crippen LogP contribution in [0.4, 0.5) is 4.39 Å². The van der Waals surface area contributed by atoms with Gasteiger partial charge < -0.3 is 5.73 Å². The lowest BCUT2D eigenvalue weighted by atomic mass is 9.89. The van der Waals surface area contributed by atoms with Gasteiger partial charge in [-0.05, 0) is 17.2 Å². The lowest BCUT2D eigenvalue weighted by molar-refractivity contribution is 0.175. The number of pyridine rings is 1. The summed E-state index contributed by atoms with van der Waals surface area (Å²) in [6.07, 6.45) is 3.26. The third-order valence-corrected chi connectivity index (χ3v) is 3.28. The SMILES string of the molecule is NCC(F)(Cc1ccncc1Cl)c1ccccc1. The van der Waals surface area contributed by atoms with Gasteiger partial charge in [0.15, 0.2) is 5.67 Å². The highest BCUT2D eigenvalue weighted by molar-refractivity contribution is 6.31. The molecule has 1 unspecified atom stereocenters. The predicted octanol–water partition coefficient (Wildman–Crippen LogP) is 3.10. The first-order chi connectivity index (χ1) is 8.65. The molecule has 94 valence electrons. The van der Waals surface area contributed by atoms with Gasteiger partial charge in [0.05, 0.1) is 5.02 Å². The number of nitrogens with two attached hydrogens (primary N) is 1. The van der Waals surface area contributed by atoms with Crippen LogP contribution in [0.2, 0.25) is 5.02 Å². The monoisotopic (exact) mass is 264 g/mol. The molecule has 2 nitrogen and oxygen atoms in total. The van der Waals surface area contributed by atoms with Crippen LogP contribution in [0.1, 0.15) is 11.1 Å². The van der Waals surface area contributed by atoms with E-state index in [2.05, 4.69) is 4.98 Å². The first-order valence-corrected chi connectivity index (χ1v) is 6.06. The highest BCUT2D eigenvalue weighted by atomic mass is 35.5. The Morgan fingerprint density at radius 1 is 1.22 bits per heavy atom. The molecule has 4 heteroatoms. The first kappa shape index (κ1) is 13.0. The maximum absolute atomic E-state index is 14.9. The molecule has 0 saturated carbocycles. The van der Waals surface area contributed by atoms with E-state index in [0.717, 1.165) is 0 Å². The van der Waals surface area contributed by atoms with E-state index in [9.17, 15) is 4.39 Å². The number of nitrogens with zero attached hydrogens (tertiary/aromatic N) is 1. The molecule has 2 rings (SSSR count). The molecule has 0 radical (unpaired) electrons. The second-order valence-electron chi connectivity index (χ2n) is 4.18. The molecule has 2 N–H and O–H groups in total. The van der Waals surface area contributed by atoms with Gasteiger partial charge in [0.1, 0.15) is 0 Å². The van der Waals surface area contributed by atoms with Gasteiger partial charge in [-0.25, -0.2) is 4.39 Å². The fourth-order valence-electron chi connectivity index (χ4n) is 1.88. The van der Waals surface area contributed by atoms with Crippen LogP contribution in [0, 0.1) is 0 Å². The molecule has 0 aliphatic rings. The van der Waals surface area contributed by atoms with Gasteiger partial charge >= 0.3 is 0 Å². The summed E-state index contributed by atoms with van der Waals surface area (Å²) in [5.74, 6) is 0. The molecule has 18 heavy (non-hydrogen) atoms. The average Bonchev–Trinajstić information content (AvgIpc) is 2.42. The van der Waals surface area contributed by atoms with E-state index in [-0.39, 0.29) is 13.0 Å². The van der Waals surface area contributed by atoms with Crippen molar-refractivity contribution in [2.24, 2.45) is 5.73 Å². The molecule has 1 aromatic heterocycles. The zero-order valence-electron chi connectivity index (χ0n) is 9.81. The minimum absolute atomic E-state index is 0.0876.